The minimum atomic E-state index is 0.438. The standard InChI is InChI=1S/C15H24N2O/c1-11-9-13-14(16-6-7-17(3)4)5-8-18-15(13)10-12(11)2/h9-10,14,16H,5-8H2,1-4H3. The molecule has 1 aliphatic rings. The van der Waals surface area contributed by atoms with E-state index in [-0.39, 0.29) is 0 Å². The molecular formula is C15H24N2O. The van der Waals surface area contributed by atoms with Gasteiger partial charge in [-0.05, 0) is 45.1 Å². The Labute approximate surface area is 110 Å². The van der Waals surface area contributed by atoms with Crippen LogP contribution in [-0.2, 0) is 0 Å². The Morgan fingerprint density at radius 1 is 1.28 bits per heavy atom. The van der Waals surface area contributed by atoms with Crippen molar-refractivity contribution < 1.29 is 4.74 Å². The molecule has 3 heteroatoms. The van der Waals surface area contributed by atoms with E-state index < -0.39 is 0 Å². The smallest absolute Gasteiger partial charge is 0.124 e. The average molecular weight is 248 g/mol. The van der Waals surface area contributed by atoms with Gasteiger partial charge in [0.05, 0.1) is 6.61 Å². The molecule has 0 spiro atoms. The van der Waals surface area contributed by atoms with Crippen LogP contribution in [0.2, 0.25) is 0 Å². The summed E-state index contributed by atoms with van der Waals surface area (Å²) in [6, 6.07) is 4.88. The van der Waals surface area contributed by atoms with Crippen LogP contribution in [0.3, 0.4) is 0 Å². The number of benzene rings is 1. The summed E-state index contributed by atoms with van der Waals surface area (Å²) >= 11 is 0. The normalized spacial score (nSPS) is 18.6. The first-order chi connectivity index (χ1) is 8.58. The van der Waals surface area contributed by atoms with Gasteiger partial charge in [-0.2, -0.15) is 0 Å². The number of likely N-dealkylation sites (N-methyl/N-ethyl adjacent to an activating group) is 1. The third-order valence-electron chi connectivity index (χ3n) is 3.62. The van der Waals surface area contributed by atoms with E-state index in [9.17, 15) is 0 Å². The monoisotopic (exact) mass is 248 g/mol. The van der Waals surface area contributed by atoms with Crippen LogP contribution in [0.1, 0.15) is 29.2 Å². The summed E-state index contributed by atoms with van der Waals surface area (Å²) in [5.41, 5.74) is 3.98. The maximum Gasteiger partial charge on any atom is 0.124 e. The van der Waals surface area contributed by atoms with Crippen molar-refractivity contribution in [3.05, 3.63) is 28.8 Å². The molecule has 18 heavy (non-hydrogen) atoms. The van der Waals surface area contributed by atoms with Crippen molar-refractivity contribution in [3.8, 4) is 5.75 Å². The number of rotatable bonds is 4. The molecule has 0 saturated carbocycles. The van der Waals surface area contributed by atoms with Gasteiger partial charge in [0, 0.05) is 31.1 Å². The van der Waals surface area contributed by atoms with Gasteiger partial charge in [-0.25, -0.2) is 0 Å². The maximum atomic E-state index is 5.77. The zero-order chi connectivity index (χ0) is 13.1. The fraction of sp³-hybridized carbons (Fsp3) is 0.600. The van der Waals surface area contributed by atoms with E-state index in [2.05, 4.69) is 50.3 Å². The van der Waals surface area contributed by atoms with Gasteiger partial charge in [0.1, 0.15) is 5.75 Å². The molecule has 0 amide bonds. The molecule has 1 N–H and O–H groups in total. The Hall–Kier alpha value is -1.06. The second kappa shape index (κ2) is 5.72. The third-order valence-corrected chi connectivity index (χ3v) is 3.62. The summed E-state index contributed by atoms with van der Waals surface area (Å²) in [6.45, 7) is 7.21. The van der Waals surface area contributed by atoms with Crippen LogP contribution >= 0.6 is 0 Å². The summed E-state index contributed by atoms with van der Waals surface area (Å²) in [7, 11) is 4.21. The number of ether oxygens (including phenoxy) is 1. The lowest BCUT2D eigenvalue weighted by atomic mass is 9.96. The minimum Gasteiger partial charge on any atom is -0.493 e. The predicted octanol–water partition coefficient (Wildman–Crippen LogP) is 2.28. The van der Waals surface area contributed by atoms with Crippen LogP contribution in [0.25, 0.3) is 0 Å². The van der Waals surface area contributed by atoms with Crippen molar-refractivity contribution in [1.29, 1.82) is 0 Å². The van der Waals surface area contributed by atoms with Crippen LogP contribution < -0.4 is 10.1 Å². The summed E-state index contributed by atoms with van der Waals surface area (Å²) in [6.07, 6.45) is 1.06. The number of nitrogens with one attached hydrogen (secondary N) is 1. The van der Waals surface area contributed by atoms with Crippen LogP contribution in [0, 0.1) is 13.8 Å². The van der Waals surface area contributed by atoms with Gasteiger partial charge < -0.3 is 15.0 Å². The lowest BCUT2D eigenvalue weighted by Gasteiger charge is -2.28. The molecule has 0 aromatic heterocycles. The summed E-state index contributed by atoms with van der Waals surface area (Å²) in [5.74, 6) is 1.06. The van der Waals surface area contributed by atoms with Crippen molar-refractivity contribution in [2.45, 2.75) is 26.3 Å². The second-order valence-electron chi connectivity index (χ2n) is 5.42. The van der Waals surface area contributed by atoms with Crippen molar-refractivity contribution in [2.24, 2.45) is 0 Å². The Morgan fingerprint density at radius 2 is 2.00 bits per heavy atom. The average Bonchev–Trinajstić information content (AvgIpc) is 2.31. The molecule has 1 aliphatic heterocycles. The molecule has 0 aliphatic carbocycles. The van der Waals surface area contributed by atoms with Gasteiger partial charge in [0.25, 0.3) is 0 Å². The molecular weight excluding hydrogens is 224 g/mol. The first kappa shape index (κ1) is 13.4. The van der Waals surface area contributed by atoms with E-state index in [1.807, 2.05) is 0 Å². The molecule has 1 aromatic rings. The predicted molar refractivity (Wildman–Crippen MR) is 75.3 cm³/mol. The Morgan fingerprint density at radius 3 is 2.72 bits per heavy atom. The van der Waals surface area contributed by atoms with Gasteiger partial charge in [-0.15, -0.1) is 0 Å². The molecule has 1 heterocycles. The summed E-state index contributed by atoms with van der Waals surface area (Å²) in [5, 5.41) is 3.63. The highest BCUT2D eigenvalue weighted by Crippen LogP contribution is 2.33. The molecule has 2 rings (SSSR count). The Balaban J connectivity index is 2.10. The molecule has 1 unspecified atom stereocenters. The zero-order valence-electron chi connectivity index (χ0n) is 11.9. The molecule has 1 atom stereocenters. The van der Waals surface area contributed by atoms with Crippen molar-refractivity contribution in [1.82, 2.24) is 10.2 Å². The van der Waals surface area contributed by atoms with Gasteiger partial charge in [-0.3, -0.25) is 0 Å². The van der Waals surface area contributed by atoms with E-state index in [4.69, 9.17) is 4.74 Å². The lowest BCUT2D eigenvalue weighted by molar-refractivity contribution is 0.249. The number of hydrogen-bond donors (Lipinski definition) is 1. The Kier molecular flexibility index (Phi) is 4.25. The number of fused-ring (bicyclic) bond motifs is 1. The van der Waals surface area contributed by atoms with Crippen molar-refractivity contribution >= 4 is 0 Å². The Bertz CT molecular complexity index is 415. The van der Waals surface area contributed by atoms with Crippen LogP contribution in [0.15, 0.2) is 12.1 Å². The molecule has 0 fully saturated rings. The van der Waals surface area contributed by atoms with Crippen LogP contribution in [0.4, 0.5) is 0 Å². The molecule has 0 saturated heterocycles. The van der Waals surface area contributed by atoms with Crippen molar-refractivity contribution in [3.63, 3.8) is 0 Å². The van der Waals surface area contributed by atoms with Crippen molar-refractivity contribution in [2.75, 3.05) is 33.8 Å². The van der Waals surface area contributed by atoms with Gasteiger partial charge in [0.2, 0.25) is 0 Å². The largest absolute Gasteiger partial charge is 0.493 e. The molecule has 100 valence electrons. The van der Waals surface area contributed by atoms with Gasteiger partial charge in [0.15, 0.2) is 0 Å². The minimum absolute atomic E-state index is 0.438. The quantitative estimate of drug-likeness (QED) is 0.884. The lowest BCUT2D eigenvalue weighted by Crippen LogP contribution is -2.32. The van der Waals surface area contributed by atoms with Gasteiger partial charge in [-0.1, -0.05) is 6.07 Å². The highest BCUT2D eigenvalue weighted by atomic mass is 16.5. The molecule has 3 nitrogen and oxygen atoms in total. The van der Waals surface area contributed by atoms with E-state index in [0.717, 1.165) is 31.9 Å². The SMILES string of the molecule is Cc1cc2c(cc1C)C(NCCN(C)C)CCO2. The number of nitrogens with zero attached hydrogens (tertiary/aromatic N) is 1. The number of hydrogen-bond acceptors (Lipinski definition) is 3. The van der Waals surface area contributed by atoms with E-state index in [0.29, 0.717) is 6.04 Å². The van der Waals surface area contributed by atoms with Crippen LogP contribution in [0.5, 0.6) is 5.75 Å². The molecule has 1 aromatic carbocycles. The van der Waals surface area contributed by atoms with E-state index in [1.165, 1.54) is 16.7 Å². The van der Waals surface area contributed by atoms with Crippen LogP contribution in [-0.4, -0.2) is 38.7 Å². The topological polar surface area (TPSA) is 24.5 Å². The first-order valence-electron chi connectivity index (χ1n) is 6.70. The summed E-state index contributed by atoms with van der Waals surface area (Å²) in [4.78, 5) is 2.20. The fourth-order valence-corrected chi connectivity index (χ4v) is 2.33. The van der Waals surface area contributed by atoms with E-state index >= 15 is 0 Å². The molecule has 0 radical (unpaired) electrons. The molecule has 0 bridgehead atoms. The highest BCUT2D eigenvalue weighted by Gasteiger charge is 2.21. The third kappa shape index (κ3) is 3.03. The highest BCUT2D eigenvalue weighted by molar-refractivity contribution is 5.44. The first-order valence-corrected chi connectivity index (χ1v) is 6.70. The number of aryl methyl sites for hydroxylation is 2. The maximum absolute atomic E-state index is 5.77. The van der Waals surface area contributed by atoms with E-state index in [1.54, 1.807) is 0 Å². The summed E-state index contributed by atoms with van der Waals surface area (Å²) < 4.78 is 5.77. The van der Waals surface area contributed by atoms with Gasteiger partial charge >= 0.3 is 0 Å². The zero-order valence-corrected chi connectivity index (χ0v) is 11.9. The fourth-order valence-electron chi connectivity index (χ4n) is 2.33. The second-order valence-corrected chi connectivity index (χ2v) is 5.42.